The highest BCUT2D eigenvalue weighted by Crippen LogP contribution is 2.25. The molecule has 1 aromatic rings. The van der Waals surface area contributed by atoms with Crippen molar-refractivity contribution in [1.82, 2.24) is 10.6 Å². The van der Waals surface area contributed by atoms with Gasteiger partial charge in [0.2, 0.25) is 0 Å². The normalized spacial score (nSPS) is 16.9. The summed E-state index contributed by atoms with van der Waals surface area (Å²) in [5.74, 6) is 0.293. The molecular weight excluding hydrogens is 472 g/mol. The number of amides is 1. The van der Waals surface area contributed by atoms with Gasteiger partial charge in [-0.1, -0.05) is 75.6 Å². The Bertz CT molecular complexity index is 1240. The largest absolute Gasteiger partial charge is 0.340 e. The van der Waals surface area contributed by atoms with Gasteiger partial charge >= 0.3 is 0 Å². The molecule has 1 atom stereocenters. The first-order valence-electron chi connectivity index (χ1n) is 13.0. The van der Waals surface area contributed by atoms with Crippen LogP contribution in [-0.4, -0.2) is 30.2 Å². The first-order chi connectivity index (χ1) is 18.3. The van der Waals surface area contributed by atoms with E-state index in [2.05, 4.69) is 34.1 Å². The molecule has 0 bridgehead atoms. The molecule has 200 valence electrons. The minimum Gasteiger partial charge on any atom is -0.340 e. The lowest BCUT2D eigenvalue weighted by Crippen LogP contribution is -2.41. The first-order valence-corrected chi connectivity index (χ1v) is 13.0. The molecule has 1 aromatic carbocycles. The Morgan fingerprint density at radius 1 is 1.24 bits per heavy atom. The maximum Gasteiger partial charge on any atom is 0.252 e. The number of amidine groups is 1. The number of nitrogens with zero attached hydrogens (tertiary/aromatic N) is 1. The summed E-state index contributed by atoms with van der Waals surface area (Å²) in [5.41, 5.74) is 5.01. The number of ketones is 1. The predicted molar refractivity (Wildman–Crippen MR) is 160 cm³/mol. The van der Waals surface area contributed by atoms with Crippen molar-refractivity contribution in [2.75, 3.05) is 11.9 Å². The fraction of sp³-hybridized carbons (Fsp3) is 0.281. The van der Waals surface area contributed by atoms with Crippen molar-refractivity contribution in [3.63, 3.8) is 0 Å². The molecule has 1 amide bonds. The van der Waals surface area contributed by atoms with E-state index in [0.717, 1.165) is 35.4 Å². The van der Waals surface area contributed by atoms with E-state index in [1.165, 1.54) is 6.20 Å². The molecule has 6 heteroatoms. The molecule has 38 heavy (non-hydrogen) atoms. The second-order valence-electron chi connectivity index (χ2n) is 8.75. The quantitative estimate of drug-likeness (QED) is 0.0983. The Balaban J connectivity index is 2.44. The number of benzene rings is 1. The van der Waals surface area contributed by atoms with Crippen molar-refractivity contribution < 1.29 is 9.59 Å². The Morgan fingerprint density at radius 3 is 2.58 bits per heavy atom. The third kappa shape index (κ3) is 7.98. The third-order valence-corrected chi connectivity index (χ3v) is 6.20. The smallest absolute Gasteiger partial charge is 0.252 e. The lowest BCUT2D eigenvalue weighted by atomic mass is 9.92. The van der Waals surface area contributed by atoms with Gasteiger partial charge in [0.1, 0.15) is 5.84 Å². The van der Waals surface area contributed by atoms with Gasteiger partial charge in [-0.15, -0.1) is 0 Å². The summed E-state index contributed by atoms with van der Waals surface area (Å²) in [5, 5.41) is 9.53. The number of carbonyl (C=O) groups is 2. The number of nitrogens with one attached hydrogen (secondary N) is 3. The van der Waals surface area contributed by atoms with E-state index in [1.807, 2.05) is 77.1 Å². The van der Waals surface area contributed by atoms with Crippen LogP contribution in [0.15, 0.2) is 107 Å². The topological polar surface area (TPSA) is 82.6 Å². The summed E-state index contributed by atoms with van der Waals surface area (Å²) >= 11 is 0. The molecule has 0 aliphatic carbocycles. The van der Waals surface area contributed by atoms with E-state index in [4.69, 9.17) is 0 Å². The number of allylic oxidation sites excluding steroid dienone is 8. The summed E-state index contributed by atoms with van der Waals surface area (Å²) in [7, 11) is 0. The molecule has 0 fully saturated rings. The Kier molecular flexibility index (Phi) is 12.1. The molecule has 1 unspecified atom stereocenters. The van der Waals surface area contributed by atoms with Gasteiger partial charge in [-0.2, -0.15) is 0 Å². The zero-order valence-electron chi connectivity index (χ0n) is 23.2. The maximum absolute atomic E-state index is 13.4. The lowest BCUT2D eigenvalue weighted by Gasteiger charge is -2.19. The van der Waals surface area contributed by atoms with Crippen molar-refractivity contribution in [3.8, 4) is 0 Å². The Labute approximate surface area is 227 Å². The van der Waals surface area contributed by atoms with Crippen LogP contribution >= 0.6 is 0 Å². The molecule has 0 aromatic heterocycles. The zero-order chi connectivity index (χ0) is 28.1. The molecule has 1 aliphatic rings. The van der Waals surface area contributed by atoms with Crippen LogP contribution in [0.1, 0.15) is 56.5 Å². The summed E-state index contributed by atoms with van der Waals surface area (Å²) in [6.45, 7) is 18.1. The van der Waals surface area contributed by atoms with E-state index in [-0.39, 0.29) is 17.9 Å². The van der Waals surface area contributed by atoms with E-state index >= 15 is 0 Å². The van der Waals surface area contributed by atoms with E-state index in [1.54, 1.807) is 18.2 Å². The second-order valence-corrected chi connectivity index (χ2v) is 8.75. The van der Waals surface area contributed by atoms with Crippen LogP contribution in [0.5, 0.6) is 0 Å². The lowest BCUT2D eigenvalue weighted by molar-refractivity contribution is -0.111. The van der Waals surface area contributed by atoms with Gasteiger partial charge in [0.25, 0.3) is 5.91 Å². The highest BCUT2D eigenvalue weighted by Gasteiger charge is 2.20. The summed E-state index contributed by atoms with van der Waals surface area (Å²) in [6, 6.07) is 5.51. The molecule has 6 nitrogen and oxygen atoms in total. The molecule has 3 N–H and O–H groups in total. The molecule has 0 saturated heterocycles. The van der Waals surface area contributed by atoms with Crippen LogP contribution in [0, 0.1) is 6.92 Å². The number of anilines is 1. The first kappa shape index (κ1) is 30.2. The standard InChI is InChI=1S/C32H40N4O2/c1-8-13-14-16-24(9-2)30(37)26(10-3)23(7)27(11-4)31(33-12-5)35-28-21-25(19-18-22(28)6)32(38)36-29-17-15-20-34-29/h9-10,12-19,21,29,34H,2,5,8,11,20H2,1,3-4,6-7H3,(H,33,35)(H,36,38)/b14-13-,24-16+,26-10+,27-23+. The molecule has 0 saturated carbocycles. The van der Waals surface area contributed by atoms with Gasteiger partial charge in [-0.3, -0.25) is 14.9 Å². The van der Waals surface area contributed by atoms with Crippen LogP contribution in [0.2, 0.25) is 0 Å². The number of carbonyl (C=O) groups excluding carboxylic acids is 2. The van der Waals surface area contributed by atoms with Gasteiger partial charge in [-0.05, 0) is 62.5 Å². The fourth-order valence-corrected chi connectivity index (χ4v) is 4.08. The third-order valence-electron chi connectivity index (χ3n) is 6.20. The Morgan fingerprint density at radius 2 is 2.00 bits per heavy atom. The summed E-state index contributed by atoms with van der Waals surface area (Å²) in [6.07, 6.45) is 15.7. The average Bonchev–Trinajstić information content (AvgIpc) is 3.41. The fourth-order valence-electron chi connectivity index (χ4n) is 4.08. The molecule has 0 spiro atoms. The zero-order valence-corrected chi connectivity index (χ0v) is 23.2. The van der Waals surface area contributed by atoms with Crippen molar-refractivity contribution in [3.05, 3.63) is 114 Å². The van der Waals surface area contributed by atoms with Gasteiger partial charge in [0, 0.05) is 35.1 Å². The van der Waals surface area contributed by atoms with Crippen molar-refractivity contribution in [2.24, 2.45) is 4.99 Å². The van der Waals surface area contributed by atoms with Crippen LogP contribution in [0.4, 0.5) is 5.69 Å². The van der Waals surface area contributed by atoms with Crippen molar-refractivity contribution in [2.45, 2.75) is 53.6 Å². The van der Waals surface area contributed by atoms with Crippen LogP contribution < -0.4 is 16.0 Å². The van der Waals surface area contributed by atoms with E-state index in [0.29, 0.717) is 29.0 Å². The molecular formula is C32H40N4O2. The number of rotatable bonds is 12. The van der Waals surface area contributed by atoms with Gasteiger partial charge in [-0.25, -0.2) is 4.99 Å². The minimum absolute atomic E-state index is 0.103. The highest BCUT2D eigenvalue weighted by atomic mass is 16.2. The number of aliphatic imine (C=N–C) groups is 1. The molecule has 0 radical (unpaired) electrons. The van der Waals surface area contributed by atoms with Crippen LogP contribution in [0.25, 0.3) is 0 Å². The van der Waals surface area contributed by atoms with Crippen LogP contribution in [0.3, 0.4) is 0 Å². The van der Waals surface area contributed by atoms with E-state index < -0.39 is 0 Å². The molecule has 1 aliphatic heterocycles. The average molecular weight is 513 g/mol. The SMILES string of the molecule is C=CN=C(Nc1cc(C(=O)NC2C=CCN2)ccc1C)/C(CC)=C(C)/C(=C\C)C(=O)/C(C=C)=C/C=C\CC. The summed E-state index contributed by atoms with van der Waals surface area (Å²) < 4.78 is 0. The maximum atomic E-state index is 13.4. The number of Topliss-reactive ketones (excluding diaryl/α,β-unsaturated/α-hetero) is 1. The van der Waals surface area contributed by atoms with Gasteiger partial charge in [0.15, 0.2) is 5.78 Å². The summed E-state index contributed by atoms with van der Waals surface area (Å²) in [4.78, 5) is 30.8. The van der Waals surface area contributed by atoms with Gasteiger partial charge < -0.3 is 10.6 Å². The molecule has 1 heterocycles. The second kappa shape index (κ2) is 15.3. The monoisotopic (exact) mass is 512 g/mol. The molecule has 2 rings (SSSR count). The number of aryl methyl sites for hydroxylation is 1. The number of hydrogen-bond donors (Lipinski definition) is 3. The number of hydrogen-bond acceptors (Lipinski definition) is 4. The van der Waals surface area contributed by atoms with Gasteiger partial charge in [0.05, 0.1) is 6.17 Å². The van der Waals surface area contributed by atoms with E-state index in [9.17, 15) is 9.59 Å². The Hall–Kier alpha value is -4.03. The van der Waals surface area contributed by atoms with Crippen molar-refractivity contribution in [1.29, 1.82) is 0 Å². The highest BCUT2D eigenvalue weighted by molar-refractivity contribution is 6.16. The van der Waals surface area contributed by atoms with Crippen LogP contribution in [-0.2, 0) is 4.79 Å². The predicted octanol–water partition coefficient (Wildman–Crippen LogP) is 6.48. The van der Waals surface area contributed by atoms with Crippen molar-refractivity contribution >= 4 is 23.2 Å². The minimum atomic E-state index is -0.181.